The molecular formula is C27H32N4O3S. The topological polar surface area (TPSA) is 78.3 Å². The number of aryl methyl sites for hydroxylation is 1. The first kappa shape index (κ1) is 24.9. The zero-order valence-corrected chi connectivity index (χ0v) is 21.5. The number of ether oxygens (including phenoxy) is 2. The van der Waals surface area contributed by atoms with Crippen LogP contribution in [0, 0.1) is 6.92 Å². The van der Waals surface area contributed by atoms with Crippen molar-refractivity contribution in [3.8, 4) is 5.75 Å². The van der Waals surface area contributed by atoms with E-state index in [2.05, 4.69) is 43.2 Å². The summed E-state index contributed by atoms with van der Waals surface area (Å²) in [6, 6.07) is 15.6. The van der Waals surface area contributed by atoms with E-state index in [9.17, 15) is 4.79 Å². The second kappa shape index (κ2) is 11.4. The number of aromatic nitrogens is 3. The molecule has 0 aliphatic carbocycles. The maximum Gasteiger partial charge on any atom is 0.338 e. The number of nitrogens with one attached hydrogen (secondary N) is 1. The number of esters is 1. The highest BCUT2D eigenvalue weighted by Crippen LogP contribution is 2.37. The Morgan fingerprint density at radius 3 is 2.60 bits per heavy atom. The first-order valence-electron chi connectivity index (χ1n) is 12.0. The molecule has 184 valence electrons. The Hall–Kier alpha value is -3.26. The molecular weight excluding hydrogens is 460 g/mol. The zero-order valence-electron chi connectivity index (χ0n) is 20.7. The van der Waals surface area contributed by atoms with Crippen LogP contribution in [0.15, 0.2) is 65.0 Å². The molecule has 1 unspecified atom stereocenters. The highest BCUT2D eigenvalue weighted by molar-refractivity contribution is 7.99. The number of thioether (sulfide) groups is 1. The summed E-state index contributed by atoms with van der Waals surface area (Å²) in [4.78, 5) is 17.8. The molecule has 8 heteroatoms. The third kappa shape index (κ3) is 5.70. The predicted octanol–water partition coefficient (Wildman–Crippen LogP) is 5.91. The van der Waals surface area contributed by atoms with Gasteiger partial charge in [0.15, 0.2) is 0 Å². The molecule has 0 saturated carbocycles. The number of benzene rings is 2. The fourth-order valence-corrected chi connectivity index (χ4v) is 4.52. The van der Waals surface area contributed by atoms with Crippen LogP contribution in [0.25, 0.3) is 0 Å². The summed E-state index contributed by atoms with van der Waals surface area (Å²) in [6.45, 7) is 8.99. The van der Waals surface area contributed by atoms with Crippen LogP contribution in [0.3, 0.4) is 0 Å². The molecule has 1 aromatic heterocycles. The van der Waals surface area contributed by atoms with E-state index in [-0.39, 0.29) is 5.97 Å². The molecule has 3 aromatic rings. The van der Waals surface area contributed by atoms with Crippen molar-refractivity contribution in [3.63, 3.8) is 0 Å². The number of hydrogen-bond donors (Lipinski definition) is 1. The summed E-state index contributed by atoms with van der Waals surface area (Å²) in [6.07, 6.45) is 1.79. The fraction of sp³-hybridized carbons (Fsp3) is 0.370. The molecule has 0 bridgehead atoms. The molecule has 0 spiro atoms. The van der Waals surface area contributed by atoms with Crippen molar-refractivity contribution >= 4 is 23.7 Å². The number of unbranched alkanes of at least 4 members (excludes halogenated alkanes) is 1. The van der Waals surface area contributed by atoms with E-state index in [0.717, 1.165) is 41.2 Å². The van der Waals surface area contributed by atoms with E-state index in [0.29, 0.717) is 29.9 Å². The van der Waals surface area contributed by atoms with Gasteiger partial charge in [-0.1, -0.05) is 68.4 Å². The third-order valence-corrected chi connectivity index (χ3v) is 6.63. The van der Waals surface area contributed by atoms with Gasteiger partial charge in [-0.2, -0.15) is 4.98 Å². The van der Waals surface area contributed by atoms with Crippen LogP contribution < -0.4 is 10.1 Å². The number of fused-ring (bicyclic) bond motifs is 1. The van der Waals surface area contributed by atoms with Crippen LogP contribution >= 0.6 is 11.8 Å². The normalized spacial score (nSPS) is 14.9. The van der Waals surface area contributed by atoms with Crippen LogP contribution in [-0.2, 0) is 16.1 Å². The first-order valence-corrected chi connectivity index (χ1v) is 13.0. The first-order chi connectivity index (χ1) is 17.0. The molecule has 4 rings (SSSR count). The number of carbonyl (C=O) groups is 1. The molecule has 0 radical (unpaired) electrons. The summed E-state index contributed by atoms with van der Waals surface area (Å²) in [5.41, 5.74) is 4.53. The average Bonchev–Trinajstić information content (AvgIpc) is 3.25. The van der Waals surface area contributed by atoms with Gasteiger partial charge >= 0.3 is 5.97 Å². The van der Waals surface area contributed by atoms with Crippen LogP contribution in [0.4, 0.5) is 5.95 Å². The molecule has 1 atom stereocenters. The average molecular weight is 493 g/mol. The molecule has 1 N–H and O–H groups in total. The lowest BCUT2D eigenvalue weighted by Gasteiger charge is -2.28. The largest absolute Gasteiger partial charge is 0.489 e. The van der Waals surface area contributed by atoms with E-state index in [4.69, 9.17) is 14.6 Å². The van der Waals surface area contributed by atoms with Gasteiger partial charge in [0.1, 0.15) is 18.4 Å². The SMILES string of the molecule is CCCCOC(=O)C1=C(C)Nc2nc(SCC)nn2C1c1ccc(OCc2ccccc2C)cc1. The Morgan fingerprint density at radius 2 is 1.89 bits per heavy atom. The van der Waals surface area contributed by atoms with Gasteiger partial charge < -0.3 is 14.8 Å². The Labute approximate surface area is 210 Å². The van der Waals surface area contributed by atoms with Crippen LogP contribution in [-0.4, -0.2) is 33.1 Å². The van der Waals surface area contributed by atoms with E-state index in [1.54, 1.807) is 16.4 Å². The van der Waals surface area contributed by atoms with Crippen LogP contribution in [0.1, 0.15) is 56.3 Å². The van der Waals surface area contributed by atoms with E-state index in [1.807, 2.05) is 43.3 Å². The van der Waals surface area contributed by atoms with E-state index in [1.165, 1.54) is 5.56 Å². The van der Waals surface area contributed by atoms with Crippen molar-refractivity contribution in [2.24, 2.45) is 0 Å². The van der Waals surface area contributed by atoms with Gasteiger partial charge in [-0.05, 0) is 54.8 Å². The summed E-state index contributed by atoms with van der Waals surface area (Å²) in [7, 11) is 0. The maximum atomic E-state index is 13.2. The summed E-state index contributed by atoms with van der Waals surface area (Å²) in [5, 5.41) is 8.62. The van der Waals surface area contributed by atoms with Crippen molar-refractivity contribution in [3.05, 3.63) is 76.5 Å². The van der Waals surface area contributed by atoms with Crippen molar-refractivity contribution < 1.29 is 14.3 Å². The predicted molar refractivity (Wildman–Crippen MR) is 139 cm³/mol. The Balaban J connectivity index is 1.62. The molecule has 1 aliphatic heterocycles. The van der Waals surface area contributed by atoms with Crippen molar-refractivity contribution in [2.45, 2.75) is 58.3 Å². The van der Waals surface area contributed by atoms with Crippen LogP contribution in [0.5, 0.6) is 5.75 Å². The van der Waals surface area contributed by atoms with Crippen LogP contribution in [0.2, 0.25) is 0 Å². The standard InChI is InChI=1S/C27H32N4O3S/c1-5-7-16-33-25(32)23-19(4)28-26-29-27(35-6-2)30-31(26)24(23)20-12-14-22(15-13-20)34-17-21-11-9-8-10-18(21)3/h8-15,24H,5-7,16-17H2,1-4H3,(H,28,29,30). The van der Waals surface area contributed by atoms with Crippen molar-refractivity contribution in [1.82, 2.24) is 14.8 Å². The lowest BCUT2D eigenvalue weighted by molar-refractivity contribution is -0.139. The summed E-state index contributed by atoms with van der Waals surface area (Å²) < 4.78 is 13.4. The minimum absolute atomic E-state index is 0.334. The Kier molecular flexibility index (Phi) is 8.13. The third-order valence-electron chi connectivity index (χ3n) is 5.91. The molecule has 0 amide bonds. The van der Waals surface area contributed by atoms with Gasteiger partial charge in [0.25, 0.3) is 0 Å². The van der Waals surface area contributed by atoms with E-state index < -0.39 is 6.04 Å². The van der Waals surface area contributed by atoms with Crippen molar-refractivity contribution in [1.29, 1.82) is 0 Å². The smallest absolute Gasteiger partial charge is 0.338 e. The number of allylic oxidation sites excluding steroid dienone is 1. The van der Waals surface area contributed by atoms with E-state index >= 15 is 0 Å². The van der Waals surface area contributed by atoms with Gasteiger partial charge in [0.2, 0.25) is 11.1 Å². The van der Waals surface area contributed by atoms with Gasteiger partial charge in [-0.15, -0.1) is 5.10 Å². The van der Waals surface area contributed by atoms with Gasteiger partial charge in [-0.25, -0.2) is 9.48 Å². The number of carbonyl (C=O) groups excluding carboxylic acids is 1. The molecule has 7 nitrogen and oxygen atoms in total. The monoisotopic (exact) mass is 492 g/mol. The lowest BCUT2D eigenvalue weighted by Crippen LogP contribution is -2.29. The van der Waals surface area contributed by atoms with Gasteiger partial charge in [-0.3, -0.25) is 0 Å². The highest BCUT2D eigenvalue weighted by atomic mass is 32.2. The van der Waals surface area contributed by atoms with Gasteiger partial charge in [0.05, 0.1) is 12.2 Å². The minimum atomic E-state index is -0.440. The highest BCUT2D eigenvalue weighted by Gasteiger charge is 2.35. The van der Waals surface area contributed by atoms with Gasteiger partial charge in [0, 0.05) is 5.70 Å². The molecule has 2 heterocycles. The van der Waals surface area contributed by atoms with Crippen molar-refractivity contribution in [2.75, 3.05) is 17.7 Å². The maximum absolute atomic E-state index is 13.2. The zero-order chi connectivity index (χ0) is 24.8. The Bertz CT molecular complexity index is 1200. The lowest BCUT2D eigenvalue weighted by atomic mass is 9.95. The number of rotatable bonds is 10. The second-order valence-corrected chi connectivity index (χ2v) is 9.67. The second-order valence-electron chi connectivity index (χ2n) is 8.44. The Morgan fingerprint density at radius 1 is 1.11 bits per heavy atom. The number of hydrogen-bond acceptors (Lipinski definition) is 7. The number of anilines is 1. The minimum Gasteiger partial charge on any atom is -0.489 e. The quantitative estimate of drug-likeness (QED) is 0.214. The molecule has 0 saturated heterocycles. The molecule has 35 heavy (non-hydrogen) atoms. The molecule has 2 aromatic carbocycles. The summed E-state index contributed by atoms with van der Waals surface area (Å²) >= 11 is 1.56. The molecule has 0 fully saturated rings. The molecule has 1 aliphatic rings. The number of nitrogens with zero attached hydrogens (tertiary/aromatic N) is 3. The summed E-state index contributed by atoms with van der Waals surface area (Å²) in [5.74, 6) is 1.91. The fourth-order valence-electron chi connectivity index (χ4n) is 3.96.